The number of hydrogen-bond acceptors (Lipinski definition) is 1. The molecule has 0 fully saturated rings. The fourth-order valence-electron chi connectivity index (χ4n) is 2.22. The van der Waals surface area contributed by atoms with Gasteiger partial charge < -0.3 is 10.6 Å². The first-order valence-electron chi connectivity index (χ1n) is 7.49. The first-order chi connectivity index (χ1) is 10.6. The second-order valence-corrected chi connectivity index (χ2v) is 6.18. The first kappa shape index (κ1) is 16.6. The van der Waals surface area contributed by atoms with Crippen molar-refractivity contribution < 1.29 is 4.79 Å². The van der Waals surface area contributed by atoms with Gasteiger partial charge >= 0.3 is 6.03 Å². The molecule has 0 aliphatic carbocycles. The number of amides is 2. The monoisotopic (exact) mass is 360 g/mol. The molecule has 0 aliphatic rings. The molecule has 0 bridgehead atoms. The van der Waals surface area contributed by atoms with E-state index in [1.54, 1.807) is 0 Å². The van der Waals surface area contributed by atoms with Crippen molar-refractivity contribution in [2.45, 2.75) is 25.8 Å². The summed E-state index contributed by atoms with van der Waals surface area (Å²) in [5, 5.41) is 5.85. The fourth-order valence-corrected chi connectivity index (χ4v) is 2.49. The van der Waals surface area contributed by atoms with Crippen LogP contribution >= 0.6 is 15.9 Å². The van der Waals surface area contributed by atoms with Gasteiger partial charge in [-0.25, -0.2) is 4.79 Å². The van der Waals surface area contributed by atoms with Gasteiger partial charge in [-0.05, 0) is 43.0 Å². The lowest BCUT2D eigenvalue weighted by molar-refractivity contribution is 0.238. The van der Waals surface area contributed by atoms with E-state index in [4.69, 9.17) is 0 Å². The highest BCUT2D eigenvalue weighted by Gasteiger charge is 2.08. The van der Waals surface area contributed by atoms with E-state index in [0.29, 0.717) is 6.54 Å². The SMILES string of the molecule is CC(NC(=O)NCCCc1ccccc1)c1ccc(Br)cc1. The van der Waals surface area contributed by atoms with Gasteiger partial charge in [0.05, 0.1) is 6.04 Å². The van der Waals surface area contributed by atoms with E-state index in [0.717, 1.165) is 22.9 Å². The van der Waals surface area contributed by atoms with Gasteiger partial charge in [0.25, 0.3) is 0 Å². The van der Waals surface area contributed by atoms with E-state index in [1.807, 2.05) is 49.4 Å². The number of carbonyl (C=O) groups is 1. The van der Waals surface area contributed by atoms with Gasteiger partial charge in [0, 0.05) is 11.0 Å². The van der Waals surface area contributed by atoms with Crippen LogP contribution in [0.5, 0.6) is 0 Å². The maximum atomic E-state index is 11.9. The Labute approximate surface area is 140 Å². The highest BCUT2D eigenvalue weighted by atomic mass is 79.9. The van der Waals surface area contributed by atoms with Crippen molar-refractivity contribution in [2.75, 3.05) is 6.54 Å². The quantitative estimate of drug-likeness (QED) is 0.734. The number of hydrogen-bond donors (Lipinski definition) is 2. The van der Waals surface area contributed by atoms with Crippen LogP contribution < -0.4 is 10.6 Å². The summed E-state index contributed by atoms with van der Waals surface area (Å²) >= 11 is 3.41. The zero-order valence-corrected chi connectivity index (χ0v) is 14.3. The predicted molar refractivity (Wildman–Crippen MR) is 93.9 cm³/mol. The van der Waals surface area contributed by atoms with Crippen LogP contribution in [0.15, 0.2) is 59.1 Å². The maximum Gasteiger partial charge on any atom is 0.315 e. The number of nitrogens with one attached hydrogen (secondary N) is 2. The number of rotatable bonds is 6. The van der Waals surface area contributed by atoms with Gasteiger partial charge in [-0.2, -0.15) is 0 Å². The van der Waals surface area contributed by atoms with Gasteiger partial charge in [0.2, 0.25) is 0 Å². The number of halogens is 1. The van der Waals surface area contributed by atoms with Crippen LogP contribution in [0.2, 0.25) is 0 Å². The molecule has 2 rings (SSSR count). The van der Waals surface area contributed by atoms with Crippen molar-refractivity contribution >= 4 is 22.0 Å². The van der Waals surface area contributed by atoms with Crippen molar-refractivity contribution in [3.63, 3.8) is 0 Å². The minimum atomic E-state index is -0.122. The summed E-state index contributed by atoms with van der Waals surface area (Å²) in [6, 6.07) is 18.1. The smallest absolute Gasteiger partial charge is 0.315 e. The summed E-state index contributed by atoms with van der Waals surface area (Å²) < 4.78 is 1.04. The second-order valence-electron chi connectivity index (χ2n) is 5.26. The van der Waals surface area contributed by atoms with Crippen LogP contribution in [-0.2, 0) is 6.42 Å². The standard InChI is InChI=1S/C18H21BrN2O/c1-14(16-9-11-17(19)12-10-16)21-18(22)20-13-5-8-15-6-3-2-4-7-15/h2-4,6-7,9-12,14H,5,8,13H2,1H3,(H2,20,21,22). The Morgan fingerprint density at radius 2 is 1.77 bits per heavy atom. The van der Waals surface area contributed by atoms with Gasteiger partial charge in [-0.3, -0.25) is 0 Å². The molecule has 2 aromatic rings. The third-order valence-corrected chi connectivity index (χ3v) is 4.02. The summed E-state index contributed by atoms with van der Waals surface area (Å²) in [5.74, 6) is 0. The Balaban J connectivity index is 1.68. The van der Waals surface area contributed by atoms with Crippen LogP contribution in [0, 0.1) is 0 Å². The first-order valence-corrected chi connectivity index (χ1v) is 8.28. The zero-order chi connectivity index (χ0) is 15.8. The summed E-state index contributed by atoms with van der Waals surface area (Å²) in [7, 11) is 0. The molecular formula is C18H21BrN2O. The Hall–Kier alpha value is -1.81. The fraction of sp³-hybridized carbons (Fsp3) is 0.278. The van der Waals surface area contributed by atoms with E-state index in [9.17, 15) is 4.79 Å². The van der Waals surface area contributed by atoms with Gasteiger partial charge in [-0.15, -0.1) is 0 Å². The molecule has 1 unspecified atom stereocenters. The van der Waals surface area contributed by atoms with Crippen molar-refractivity contribution in [1.29, 1.82) is 0 Å². The average Bonchev–Trinajstić information content (AvgIpc) is 2.53. The largest absolute Gasteiger partial charge is 0.338 e. The van der Waals surface area contributed by atoms with E-state index in [-0.39, 0.29) is 12.1 Å². The van der Waals surface area contributed by atoms with Crippen molar-refractivity contribution in [3.8, 4) is 0 Å². The van der Waals surface area contributed by atoms with Crippen molar-refractivity contribution in [1.82, 2.24) is 10.6 Å². The lowest BCUT2D eigenvalue weighted by Crippen LogP contribution is -2.37. The third-order valence-electron chi connectivity index (χ3n) is 3.49. The molecule has 1 atom stereocenters. The molecule has 0 radical (unpaired) electrons. The van der Waals surface area contributed by atoms with E-state index in [2.05, 4.69) is 38.7 Å². The molecule has 2 aromatic carbocycles. The molecule has 2 N–H and O–H groups in total. The summed E-state index contributed by atoms with van der Waals surface area (Å²) in [6.45, 7) is 2.65. The molecule has 0 saturated heterocycles. The average molecular weight is 361 g/mol. The topological polar surface area (TPSA) is 41.1 Å². The Morgan fingerprint density at radius 3 is 2.45 bits per heavy atom. The number of carbonyl (C=O) groups excluding carboxylic acids is 1. The highest BCUT2D eigenvalue weighted by molar-refractivity contribution is 9.10. The second kappa shape index (κ2) is 8.59. The molecule has 0 saturated carbocycles. The summed E-state index contributed by atoms with van der Waals surface area (Å²) in [6.07, 6.45) is 1.91. The molecule has 3 nitrogen and oxygen atoms in total. The minimum absolute atomic E-state index is 0.0118. The van der Waals surface area contributed by atoms with Gasteiger partial charge in [0.15, 0.2) is 0 Å². The van der Waals surface area contributed by atoms with Gasteiger partial charge in [0.1, 0.15) is 0 Å². The predicted octanol–water partition coefficient (Wildman–Crippen LogP) is 4.44. The number of urea groups is 1. The van der Waals surface area contributed by atoms with Crippen molar-refractivity contribution in [2.24, 2.45) is 0 Å². The Bertz CT molecular complexity index is 584. The van der Waals surface area contributed by atoms with Gasteiger partial charge in [-0.1, -0.05) is 58.4 Å². The van der Waals surface area contributed by atoms with E-state index in [1.165, 1.54) is 5.56 Å². The lowest BCUT2D eigenvalue weighted by atomic mass is 10.1. The summed E-state index contributed by atoms with van der Waals surface area (Å²) in [4.78, 5) is 11.9. The molecule has 0 heterocycles. The Kier molecular flexibility index (Phi) is 6.46. The number of aryl methyl sites for hydroxylation is 1. The molecule has 0 aromatic heterocycles. The van der Waals surface area contributed by atoms with Crippen LogP contribution in [0.25, 0.3) is 0 Å². The van der Waals surface area contributed by atoms with E-state index < -0.39 is 0 Å². The van der Waals surface area contributed by atoms with Crippen LogP contribution in [0.4, 0.5) is 4.79 Å². The van der Waals surface area contributed by atoms with Crippen LogP contribution in [-0.4, -0.2) is 12.6 Å². The van der Waals surface area contributed by atoms with Crippen molar-refractivity contribution in [3.05, 3.63) is 70.2 Å². The van der Waals surface area contributed by atoms with E-state index >= 15 is 0 Å². The third kappa shape index (κ3) is 5.53. The summed E-state index contributed by atoms with van der Waals surface area (Å²) in [5.41, 5.74) is 2.38. The number of benzene rings is 2. The lowest BCUT2D eigenvalue weighted by Gasteiger charge is -2.15. The molecule has 116 valence electrons. The Morgan fingerprint density at radius 1 is 1.09 bits per heavy atom. The maximum absolute atomic E-state index is 11.9. The molecule has 22 heavy (non-hydrogen) atoms. The molecule has 4 heteroatoms. The minimum Gasteiger partial charge on any atom is -0.338 e. The molecule has 0 aliphatic heterocycles. The zero-order valence-electron chi connectivity index (χ0n) is 12.7. The van der Waals surface area contributed by atoms with Crippen LogP contribution in [0.1, 0.15) is 30.5 Å². The molecule has 2 amide bonds. The van der Waals surface area contributed by atoms with Crippen LogP contribution in [0.3, 0.4) is 0 Å². The normalized spacial score (nSPS) is 11.7. The highest BCUT2D eigenvalue weighted by Crippen LogP contribution is 2.16. The molecular weight excluding hydrogens is 340 g/mol. The molecule has 0 spiro atoms.